The van der Waals surface area contributed by atoms with Crippen molar-refractivity contribution in [3.05, 3.63) is 30.9 Å². The van der Waals surface area contributed by atoms with E-state index in [-0.39, 0.29) is 0 Å². The van der Waals surface area contributed by atoms with Gasteiger partial charge in [-0.15, -0.1) is 0 Å². The van der Waals surface area contributed by atoms with Crippen molar-refractivity contribution in [3.63, 3.8) is 0 Å². The van der Waals surface area contributed by atoms with Gasteiger partial charge in [-0.2, -0.15) is 0 Å². The van der Waals surface area contributed by atoms with Gasteiger partial charge in [-0.3, -0.25) is 4.98 Å². The smallest absolute Gasteiger partial charge is 0.179 e. The fourth-order valence-electron chi connectivity index (χ4n) is 0.746. The molecule has 43 valence electrons. The Bertz CT molecular complexity index is 283. The largest absolute Gasteiger partial charge is 0.458 e. The Morgan fingerprint density at radius 2 is 2.56 bits per heavy atom. The molecule has 0 aromatic carbocycles. The summed E-state index contributed by atoms with van der Waals surface area (Å²) in [6, 6.07) is 3.76. The summed E-state index contributed by atoms with van der Waals surface area (Å²) >= 11 is 0. The van der Waals surface area contributed by atoms with E-state index >= 15 is 0 Å². The summed E-state index contributed by atoms with van der Waals surface area (Å²) < 4.78 is 4.78. The predicted octanol–water partition coefficient (Wildman–Crippen LogP) is 1.63. The van der Waals surface area contributed by atoms with E-state index in [4.69, 9.17) is 4.42 Å². The molecule has 0 fully saturated rings. The average Bonchev–Trinajstić information content (AvgIpc) is 2.33. The molecule has 0 spiro atoms. The average molecular weight is 118 g/mol. The summed E-state index contributed by atoms with van der Waals surface area (Å²) in [6.45, 7) is 0. The zero-order chi connectivity index (χ0) is 6.10. The Morgan fingerprint density at radius 3 is 3.44 bits per heavy atom. The normalized spacial score (nSPS) is 10.2. The van der Waals surface area contributed by atoms with Crippen LogP contribution in [0.25, 0.3) is 10.9 Å². The van der Waals surface area contributed by atoms with E-state index in [0.717, 1.165) is 10.9 Å². The lowest BCUT2D eigenvalue weighted by Gasteiger charge is -1.79. The lowest BCUT2D eigenvalue weighted by Crippen LogP contribution is -1.66. The Kier molecular flexibility index (Phi) is 0.803. The van der Waals surface area contributed by atoms with Crippen LogP contribution in [0.2, 0.25) is 0 Å². The van der Waals surface area contributed by atoms with E-state index in [2.05, 4.69) is 11.2 Å². The number of furan rings is 1. The summed E-state index contributed by atoms with van der Waals surface area (Å²) in [7, 11) is 0. The molecule has 2 aromatic rings. The van der Waals surface area contributed by atoms with E-state index in [1.165, 1.54) is 0 Å². The van der Waals surface area contributed by atoms with Crippen molar-refractivity contribution < 1.29 is 4.42 Å². The van der Waals surface area contributed by atoms with Crippen LogP contribution in [0.1, 0.15) is 0 Å². The highest BCUT2D eigenvalue weighted by atomic mass is 16.3. The first-order valence-corrected chi connectivity index (χ1v) is 2.67. The first kappa shape index (κ1) is 4.56. The zero-order valence-corrected chi connectivity index (χ0v) is 4.66. The van der Waals surface area contributed by atoms with E-state index in [0.29, 0.717) is 0 Å². The molecule has 0 aliphatic carbocycles. The molecule has 2 heterocycles. The van der Waals surface area contributed by atoms with Crippen molar-refractivity contribution in [2.75, 3.05) is 0 Å². The van der Waals surface area contributed by atoms with Gasteiger partial charge in [0.2, 0.25) is 0 Å². The molecule has 0 aliphatic heterocycles. The second kappa shape index (κ2) is 1.58. The molecular weight excluding hydrogens is 114 g/mol. The number of hydrogen-bond acceptors (Lipinski definition) is 2. The molecule has 2 heteroatoms. The van der Waals surface area contributed by atoms with Gasteiger partial charge >= 0.3 is 0 Å². The monoisotopic (exact) mass is 118 g/mol. The van der Waals surface area contributed by atoms with Crippen molar-refractivity contribution in [2.24, 2.45) is 0 Å². The highest BCUT2D eigenvalue weighted by molar-refractivity contribution is 5.75. The van der Waals surface area contributed by atoms with Crippen LogP contribution in [0.5, 0.6) is 0 Å². The zero-order valence-electron chi connectivity index (χ0n) is 4.66. The van der Waals surface area contributed by atoms with Gasteiger partial charge in [0, 0.05) is 6.20 Å². The van der Waals surface area contributed by atoms with Gasteiger partial charge in [-0.25, -0.2) is 0 Å². The van der Waals surface area contributed by atoms with Crippen LogP contribution >= 0.6 is 0 Å². The molecule has 2 aromatic heterocycles. The molecule has 0 N–H and O–H groups in total. The third kappa shape index (κ3) is 0.598. The van der Waals surface area contributed by atoms with Crippen molar-refractivity contribution in [3.8, 4) is 0 Å². The molecule has 2 nitrogen and oxygen atoms in total. The van der Waals surface area contributed by atoms with Crippen molar-refractivity contribution in [1.82, 2.24) is 4.98 Å². The fourth-order valence-corrected chi connectivity index (χ4v) is 0.746. The highest BCUT2D eigenvalue weighted by Crippen LogP contribution is 2.08. The highest BCUT2D eigenvalue weighted by Gasteiger charge is 1.92. The van der Waals surface area contributed by atoms with Crippen LogP contribution < -0.4 is 0 Å². The first-order valence-electron chi connectivity index (χ1n) is 2.67. The summed E-state index contributed by atoms with van der Waals surface area (Å²) in [5.74, 6) is 0. The van der Waals surface area contributed by atoms with Gasteiger partial charge in [-0.05, 0) is 12.1 Å². The van der Waals surface area contributed by atoms with Crippen LogP contribution in [0.4, 0.5) is 0 Å². The van der Waals surface area contributed by atoms with Crippen LogP contribution in [-0.2, 0) is 0 Å². The third-order valence-corrected chi connectivity index (χ3v) is 1.18. The predicted molar refractivity (Wildman–Crippen MR) is 32.8 cm³/mol. The molecule has 0 saturated carbocycles. The maximum atomic E-state index is 4.78. The lowest BCUT2D eigenvalue weighted by molar-refractivity contribution is 0.563. The Morgan fingerprint density at radius 1 is 1.56 bits per heavy atom. The Hall–Kier alpha value is -1.31. The molecule has 9 heavy (non-hydrogen) atoms. The second-order valence-electron chi connectivity index (χ2n) is 1.77. The van der Waals surface area contributed by atoms with Gasteiger partial charge < -0.3 is 4.42 Å². The summed E-state index contributed by atoms with van der Waals surface area (Å²) in [4.78, 5) is 4.02. The molecular formula is C7H4NO. The van der Waals surface area contributed by atoms with Crippen LogP contribution in [0.3, 0.4) is 0 Å². The number of rotatable bonds is 0. The molecule has 1 radical (unpaired) electrons. The maximum Gasteiger partial charge on any atom is 0.179 e. The van der Waals surface area contributed by atoms with Gasteiger partial charge in [0.1, 0.15) is 11.8 Å². The van der Waals surface area contributed by atoms with Crippen molar-refractivity contribution in [2.45, 2.75) is 0 Å². The SMILES string of the molecule is [c]1occ2ncccc12. The Balaban J connectivity index is 2.95. The summed E-state index contributed by atoms with van der Waals surface area (Å²) in [6.07, 6.45) is 5.99. The van der Waals surface area contributed by atoms with Gasteiger partial charge in [0.25, 0.3) is 0 Å². The molecule has 0 unspecified atom stereocenters. The number of pyridine rings is 1. The summed E-state index contributed by atoms with van der Waals surface area (Å²) in [5, 5.41) is 0.928. The van der Waals surface area contributed by atoms with Crippen LogP contribution in [-0.4, -0.2) is 4.98 Å². The van der Waals surface area contributed by atoms with Gasteiger partial charge in [-0.1, -0.05) is 0 Å². The van der Waals surface area contributed by atoms with E-state index in [1.54, 1.807) is 12.5 Å². The van der Waals surface area contributed by atoms with E-state index < -0.39 is 0 Å². The molecule has 2 rings (SSSR count). The minimum atomic E-state index is 0.859. The second-order valence-corrected chi connectivity index (χ2v) is 1.77. The number of nitrogens with zero attached hydrogens (tertiary/aromatic N) is 1. The van der Waals surface area contributed by atoms with E-state index in [9.17, 15) is 0 Å². The number of hydrogen-bond donors (Lipinski definition) is 0. The van der Waals surface area contributed by atoms with Crippen LogP contribution in [0, 0.1) is 6.26 Å². The number of fused-ring (bicyclic) bond motifs is 1. The molecule has 0 amide bonds. The van der Waals surface area contributed by atoms with E-state index in [1.807, 2.05) is 12.1 Å². The lowest BCUT2D eigenvalue weighted by atomic mass is 10.3. The van der Waals surface area contributed by atoms with Crippen molar-refractivity contribution in [1.29, 1.82) is 0 Å². The topological polar surface area (TPSA) is 26.0 Å². The van der Waals surface area contributed by atoms with Crippen LogP contribution in [0.15, 0.2) is 29.0 Å². The van der Waals surface area contributed by atoms with Gasteiger partial charge in [0.15, 0.2) is 6.26 Å². The Labute approximate surface area is 52.1 Å². The maximum absolute atomic E-state index is 4.78. The third-order valence-electron chi connectivity index (χ3n) is 1.18. The molecule has 0 bridgehead atoms. The summed E-state index contributed by atoms with van der Waals surface area (Å²) in [5.41, 5.74) is 0.859. The quantitative estimate of drug-likeness (QED) is 0.525. The molecule has 0 aliphatic rings. The molecule has 0 saturated heterocycles. The number of aromatic nitrogens is 1. The minimum Gasteiger partial charge on any atom is -0.458 e. The first-order chi connectivity index (χ1) is 4.47. The fraction of sp³-hybridized carbons (Fsp3) is 0. The molecule has 0 atom stereocenters. The standard InChI is InChI=1S/C7H4NO/c1-2-6-4-9-5-7(6)8-3-1/h1-3,5H. The minimum absolute atomic E-state index is 0.859. The van der Waals surface area contributed by atoms with Crippen molar-refractivity contribution >= 4 is 10.9 Å². The van der Waals surface area contributed by atoms with Gasteiger partial charge in [0.05, 0.1) is 5.39 Å².